The normalized spacial score (nSPS) is 27.6. The Bertz CT molecular complexity index is 574. The minimum atomic E-state index is 0.153. The predicted octanol–water partition coefficient (Wildman–Crippen LogP) is 3.27. The molecule has 0 radical (unpaired) electrons. The summed E-state index contributed by atoms with van der Waals surface area (Å²) in [6.07, 6.45) is 6.73. The van der Waals surface area contributed by atoms with E-state index in [9.17, 15) is 4.79 Å². The lowest BCUT2D eigenvalue weighted by Crippen LogP contribution is -2.50. The van der Waals surface area contributed by atoms with E-state index in [0.717, 1.165) is 54.8 Å². The van der Waals surface area contributed by atoms with Crippen molar-refractivity contribution in [2.45, 2.75) is 44.2 Å². The number of amides is 1. The van der Waals surface area contributed by atoms with E-state index in [2.05, 4.69) is 4.90 Å². The monoisotopic (exact) mass is 360 g/mol. The molecule has 0 spiro atoms. The van der Waals surface area contributed by atoms with Crippen LogP contribution in [0, 0.1) is 0 Å². The number of thioether (sulfide) groups is 1. The quantitative estimate of drug-likeness (QED) is 0.825. The summed E-state index contributed by atoms with van der Waals surface area (Å²) in [7, 11) is 0. The van der Waals surface area contributed by atoms with E-state index < -0.39 is 0 Å². The number of carbonyl (C=O) groups excluding carboxylic acids is 1. The summed E-state index contributed by atoms with van der Waals surface area (Å²) in [5, 5.41) is 0. The Morgan fingerprint density at radius 3 is 2.32 bits per heavy atom. The topological polar surface area (TPSA) is 32.8 Å². The second-order valence-electron chi connectivity index (χ2n) is 7.39. The summed E-state index contributed by atoms with van der Waals surface area (Å²) >= 11 is 1.92. The molecule has 1 aromatic carbocycles. The van der Waals surface area contributed by atoms with E-state index in [0.29, 0.717) is 6.10 Å². The van der Waals surface area contributed by atoms with Crippen molar-refractivity contribution in [3.63, 3.8) is 0 Å². The van der Waals surface area contributed by atoms with Crippen molar-refractivity contribution in [2.75, 3.05) is 37.7 Å². The zero-order valence-corrected chi connectivity index (χ0v) is 15.7. The second-order valence-corrected chi connectivity index (χ2v) is 8.62. The van der Waals surface area contributed by atoms with Gasteiger partial charge in [0.25, 0.3) is 5.91 Å². The third-order valence-corrected chi connectivity index (χ3v) is 6.62. The Hall–Kier alpha value is -1.20. The van der Waals surface area contributed by atoms with Gasteiger partial charge in [0.05, 0.1) is 0 Å². The Morgan fingerprint density at radius 1 is 0.960 bits per heavy atom. The van der Waals surface area contributed by atoms with Gasteiger partial charge in [-0.2, -0.15) is 11.8 Å². The van der Waals surface area contributed by atoms with Gasteiger partial charge in [0.2, 0.25) is 0 Å². The molecule has 5 heteroatoms. The van der Waals surface area contributed by atoms with Gasteiger partial charge >= 0.3 is 0 Å². The van der Waals surface area contributed by atoms with Gasteiger partial charge in [-0.05, 0) is 50.2 Å². The molecule has 0 bridgehead atoms. The zero-order valence-electron chi connectivity index (χ0n) is 14.9. The lowest BCUT2D eigenvalue weighted by molar-refractivity contribution is 0.00892. The summed E-state index contributed by atoms with van der Waals surface area (Å²) < 4.78 is 6.10. The highest BCUT2D eigenvalue weighted by atomic mass is 32.2. The number of piperidine rings is 1. The van der Waals surface area contributed by atoms with Crippen LogP contribution in [0.25, 0.3) is 0 Å². The van der Waals surface area contributed by atoms with Crippen molar-refractivity contribution in [3.05, 3.63) is 29.8 Å². The number of likely N-dealkylation sites (tertiary alicyclic amines) is 1. The second kappa shape index (κ2) is 8.00. The molecule has 0 unspecified atom stereocenters. The van der Waals surface area contributed by atoms with E-state index in [1.54, 1.807) is 0 Å². The lowest BCUT2D eigenvalue weighted by Gasteiger charge is -2.44. The maximum atomic E-state index is 12.5. The van der Waals surface area contributed by atoms with Crippen LogP contribution in [0.3, 0.4) is 0 Å². The van der Waals surface area contributed by atoms with E-state index in [1.807, 2.05) is 40.9 Å². The molecule has 3 aliphatic rings. The first-order valence-electron chi connectivity index (χ1n) is 9.67. The fraction of sp³-hybridized carbons (Fsp3) is 0.650. The van der Waals surface area contributed by atoms with E-state index >= 15 is 0 Å². The molecule has 3 fully saturated rings. The molecule has 0 aromatic heterocycles. The van der Waals surface area contributed by atoms with E-state index in [4.69, 9.17) is 4.74 Å². The molecule has 2 aliphatic heterocycles. The molecule has 2 saturated heterocycles. The molecule has 0 atom stereocenters. The third kappa shape index (κ3) is 4.14. The number of rotatable bonds is 4. The summed E-state index contributed by atoms with van der Waals surface area (Å²) in [4.78, 5) is 17.1. The van der Waals surface area contributed by atoms with Crippen LogP contribution in [0.4, 0.5) is 0 Å². The fourth-order valence-corrected chi connectivity index (χ4v) is 4.94. The van der Waals surface area contributed by atoms with Gasteiger partial charge in [-0.1, -0.05) is 6.42 Å². The molecule has 1 aliphatic carbocycles. The first kappa shape index (κ1) is 17.2. The maximum Gasteiger partial charge on any atom is 0.253 e. The predicted molar refractivity (Wildman–Crippen MR) is 103 cm³/mol. The van der Waals surface area contributed by atoms with Crippen molar-refractivity contribution in [2.24, 2.45) is 0 Å². The van der Waals surface area contributed by atoms with Crippen molar-refractivity contribution in [3.8, 4) is 5.75 Å². The summed E-state index contributed by atoms with van der Waals surface area (Å²) in [5.74, 6) is 3.15. The minimum absolute atomic E-state index is 0.153. The number of hydrogen-bond donors (Lipinski definition) is 0. The molecule has 1 saturated carbocycles. The Morgan fingerprint density at radius 2 is 1.64 bits per heavy atom. The SMILES string of the molecule is O=C(c1ccc(OC2CC(N3CCCCC3)C2)cc1)N1CCSCC1. The number of carbonyl (C=O) groups is 1. The number of ether oxygens (including phenoxy) is 1. The average Bonchev–Trinajstić information content (AvgIpc) is 2.66. The molecule has 1 amide bonds. The van der Waals surface area contributed by atoms with Gasteiger partial charge in [0.1, 0.15) is 11.9 Å². The van der Waals surface area contributed by atoms with Crippen LogP contribution < -0.4 is 4.74 Å². The first-order valence-corrected chi connectivity index (χ1v) is 10.8. The van der Waals surface area contributed by atoms with Gasteiger partial charge in [0.15, 0.2) is 0 Å². The highest BCUT2D eigenvalue weighted by Crippen LogP contribution is 2.31. The van der Waals surface area contributed by atoms with Crippen LogP contribution in [-0.2, 0) is 0 Å². The first-order chi connectivity index (χ1) is 12.3. The summed E-state index contributed by atoms with van der Waals surface area (Å²) in [6.45, 7) is 4.26. The highest BCUT2D eigenvalue weighted by Gasteiger charge is 2.35. The van der Waals surface area contributed by atoms with Gasteiger partial charge in [-0.25, -0.2) is 0 Å². The van der Waals surface area contributed by atoms with Gasteiger partial charge in [-0.15, -0.1) is 0 Å². The average molecular weight is 361 g/mol. The molecule has 136 valence electrons. The van der Waals surface area contributed by atoms with Crippen LogP contribution in [0.2, 0.25) is 0 Å². The van der Waals surface area contributed by atoms with Crippen molar-refractivity contribution >= 4 is 17.7 Å². The number of benzene rings is 1. The fourth-order valence-electron chi connectivity index (χ4n) is 4.03. The maximum absolute atomic E-state index is 12.5. The third-order valence-electron chi connectivity index (χ3n) is 5.68. The van der Waals surface area contributed by atoms with Crippen molar-refractivity contribution in [1.82, 2.24) is 9.80 Å². The van der Waals surface area contributed by atoms with Crippen LogP contribution in [-0.4, -0.2) is 65.5 Å². The lowest BCUT2D eigenvalue weighted by atomic mass is 9.86. The number of nitrogens with zero attached hydrogens (tertiary/aromatic N) is 2. The largest absolute Gasteiger partial charge is 0.490 e. The number of hydrogen-bond acceptors (Lipinski definition) is 4. The molecule has 0 N–H and O–H groups in total. The van der Waals surface area contributed by atoms with Gasteiger partial charge < -0.3 is 14.5 Å². The van der Waals surface area contributed by atoms with E-state index in [1.165, 1.54) is 32.4 Å². The van der Waals surface area contributed by atoms with Crippen LogP contribution in [0.5, 0.6) is 5.75 Å². The molecule has 2 heterocycles. The van der Waals surface area contributed by atoms with Crippen LogP contribution >= 0.6 is 11.8 Å². The van der Waals surface area contributed by atoms with Crippen LogP contribution in [0.1, 0.15) is 42.5 Å². The molecule has 1 aromatic rings. The van der Waals surface area contributed by atoms with Gasteiger partial charge in [-0.3, -0.25) is 4.79 Å². The van der Waals surface area contributed by atoms with Gasteiger partial charge in [0, 0.05) is 49.0 Å². The van der Waals surface area contributed by atoms with Crippen molar-refractivity contribution < 1.29 is 9.53 Å². The molecule has 25 heavy (non-hydrogen) atoms. The Labute approximate surface area is 154 Å². The molecular weight excluding hydrogens is 332 g/mol. The molecule has 4 nitrogen and oxygen atoms in total. The summed E-state index contributed by atoms with van der Waals surface area (Å²) in [5.41, 5.74) is 0.777. The highest BCUT2D eigenvalue weighted by molar-refractivity contribution is 7.99. The minimum Gasteiger partial charge on any atom is -0.490 e. The van der Waals surface area contributed by atoms with Crippen molar-refractivity contribution in [1.29, 1.82) is 0 Å². The summed E-state index contributed by atoms with van der Waals surface area (Å²) in [6, 6.07) is 8.48. The molecular formula is C20H28N2O2S. The Balaban J connectivity index is 1.26. The van der Waals surface area contributed by atoms with E-state index in [-0.39, 0.29) is 5.91 Å². The smallest absolute Gasteiger partial charge is 0.253 e. The zero-order chi connectivity index (χ0) is 17.1. The molecule has 4 rings (SSSR count). The standard InChI is InChI=1S/C20H28N2O2S/c23-20(22-10-12-25-13-11-22)16-4-6-18(7-5-16)24-19-14-17(15-19)21-8-2-1-3-9-21/h4-7,17,19H,1-3,8-15H2. The van der Waals surface area contributed by atoms with Crippen LogP contribution in [0.15, 0.2) is 24.3 Å². The Kier molecular flexibility index (Phi) is 5.51.